The molecule has 1 aromatic carbocycles. The molecule has 0 atom stereocenters. The summed E-state index contributed by atoms with van der Waals surface area (Å²) in [5.74, 6) is 2.41. The van der Waals surface area contributed by atoms with E-state index in [0.717, 1.165) is 71.3 Å². The molecule has 2 N–H and O–H groups in total. The number of hydrogen-bond donors (Lipinski definition) is 2. The monoisotopic (exact) mass is 394 g/mol. The van der Waals surface area contributed by atoms with Crippen LogP contribution in [0.5, 0.6) is 0 Å². The minimum Gasteiger partial charge on any atom is -0.342 e. The fourth-order valence-electron chi connectivity index (χ4n) is 4.28. The Balaban J connectivity index is 1.69. The topological polar surface area (TPSA) is 71.4 Å². The Hall–Kier alpha value is -2.44. The van der Waals surface area contributed by atoms with Crippen LogP contribution in [0.1, 0.15) is 25.0 Å². The van der Waals surface area contributed by atoms with Crippen molar-refractivity contribution < 1.29 is 0 Å². The van der Waals surface area contributed by atoms with Crippen molar-refractivity contribution in [1.82, 2.24) is 29.8 Å². The summed E-state index contributed by atoms with van der Waals surface area (Å²) in [7, 11) is 0. The number of H-pyrrole nitrogens is 1. The van der Waals surface area contributed by atoms with Crippen molar-refractivity contribution >= 4 is 33.5 Å². The smallest absolute Gasteiger partial charge is 0.177 e. The summed E-state index contributed by atoms with van der Waals surface area (Å²) in [6, 6.07) is 5.91. The SMILES string of the molecule is Cc1nc2cc(Cl)ccc2c2c1nc(-c1ncc[nH]1)n2CCC1CCNCC1. The highest BCUT2D eigenvalue weighted by molar-refractivity contribution is 6.31. The highest BCUT2D eigenvalue weighted by Gasteiger charge is 2.21. The normalized spacial score (nSPS) is 15.6. The van der Waals surface area contributed by atoms with E-state index in [1.807, 2.05) is 25.3 Å². The van der Waals surface area contributed by atoms with Gasteiger partial charge in [-0.1, -0.05) is 11.6 Å². The summed E-state index contributed by atoms with van der Waals surface area (Å²) in [5, 5.41) is 5.24. The van der Waals surface area contributed by atoms with Gasteiger partial charge in [-0.2, -0.15) is 0 Å². The van der Waals surface area contributed by atoms with Gasteiger partial charge in [-0.05, 0) is 63.4 Å². The number of fused-ring (bicyclic) bond motifs is 3. The summed E-state index contributed by atoms with van der Waals surface area (Å²) in [6.07, 6.45) is 7.22. The molecule has 0 aliphatic carbocycles. The zero-order valence-corrected chi connectivity index (χ0v) is 16.6. The second kappa shape index (κ2) is 7.18. The molecule has 1 aliphatic heterocycles. The van der Waals surface area contributed by atoms with Gasteiger partial charge in [0.25, 0.3) is 0 Å². The zero-order valence-electron chi connectivity index (χ0n) is 15.9. The van der Waals surface area contributed by atoms with Crippen LogP contribution in [0, 0.1) is 12.8 Å². The quantitative estimate of drug-likeness (QED) is 0.540. The van der Waals surface area contributed by atoms with Gasteiger partial charge >= 0.3 is 0 Å². The number of imidazole rings is 2. The number of benzene rings is 1. The fourth-order valence-corrected chi connectivity index (χ4v) is 4.44. The van der Waals surface area contributed by atoms with Crippen molar-refractivity contribution in [2.45, 2.75) is 32.7 Å². The molecule has 1 aliphatic rings. The fraction of sp³-hybridized carbons (Fsp3) is 0.381. The number of hydrogen-bond acceptors (Lipinski definition) is 4. The van der Waals surface area contributed by atoms with E-state index in [1.54, 1.807) is 6.20 Å². The van der Waals surface area contributed by atoms with Gasteiger partial charge in [0, 0.05) is 29.3 Å². The van der Waals surface area contributed by atoms with Gasteiger partial charge in [0.2, 0.25) is 0 Å². The molecule has 0 bridgehead atoms. The van der Waals surface area contributed by atoms with Crippen LogP contribution in [0.2, 0.25) is 5.02 Å². The Kier molecular flexibility index (Phi) is 4.53. The molecule has 0 amide bonds. The van der Waals surface area contributed by atoms with E-state index in [-0.39, 0.29) is 0 Å². The number of halogens is 1. The number of rotatable bonds is 4. The molecule has 6 nitrogen and oxygen atoms in total. The van der Waals surface area contributed by atoms with Crippen molar-refractivity contribution in [3.63, 3.8) is 0 Å². The Morgan fingerprint density at radius 2 is 2.07 bits per heavy atom. The molecule has 4 aromatic rings. The summed E-state index contributed by atoms with van der Waals surface area (Å²) in [6.45, 7) is 5.16. The largest absolute Gasteiger partial charge is 0.342 e. The van der Waals surface area contributed by atoms with E-state index in [0.29, 0.717) is 5.02 Å². The second-order valence-corrected chi connectivity index (χ2v) is 8.00. The van der Waals surface area contributed by atoms with E-state index >= 15 is 0 Å². The van der Waals surface area contributed by atoms with Crippen LogP contribution in [0.3, 0.4) is 0 Å². The van der Waals surface area contributed by atoms with Gasteiger partial charge in [-0.25, -0.2) is 9.97 Å². The maximum absolute atomic E-state index is 6.23. The van der Waals surface area contributed by atoms with Crippen molar-refractivity contribution in [3.8, 4) is 11.6 Å². The van der Waals surface area contributed by atoms with Gasteiger partial charge < -0.3 is 14.9 Å². The third kappa shape index (κ3) is 3.06. The van der Waals surface area contributed by atoms with E-state index < -0.39 is 0 Å². The lowest BCUT2D eigenvalue weighted by atomic mass is 9.94. The second-order valence-electron chi connectivity index (χ2n) is 7.56. The first-order chi connectivity index (χ1) is 13.7. The molecule has 1 fully saturated rings. The zero-order chi connectivity index (χ0) is 19.1. The van der Waals surface area contributed by atoms with Gasteiger partial charge in [0.1, 0.15) is 5.52 Å². The van der Waals surface area contributed by atoms with Crippen LogP contribution >= 0.6 is 11.6 Å². The van der Waals surface area contributed by atoms with Crippen LogP contribution in [0.4, 0.5) is 0 Å². The molecule has 7 heteroatoms. The van der Waals surface area contributed by atoms with Crippen molar-refractivity contribution in [1.29, 1.82) is 0 Å². The first-order valence-electron chi connectivity index (χ1n) is 9.87. The number of nitrogens with one attached hydrogen (secondary N) is 2. The van der Waals surface area contributed by atoms with E-state index in [2.05, 4.69) is 25.9 Å². The van der Waals surface area contributed by atoms with Crippen LogP contribution in [0.25, 0.3) is 33.6 Å². The summed E-state index contributed by atoms with van der Waals surface area (Å²) >= 11 is 6.23. The molecule has 0 radical (unpaired) electrons. The molecule has 0 saturated carbocycles. The predicted molar refractivity (Wildman–Crippen MR) is 113 cm³/mol. The third-order valence-corrected chi connectivity index (χ3v) is 5.98. The van der Waals surface area contributed by atoms with Crippen LogP contribution in [-0.2, 0) is 6.54 Å². The molecule has 5 rings (SSSR count). The average molecular weight is 395 g/mol. The van der Waals surface area contributed by atoms with E-state index in [9.17, 15) is 0 Å². The maximum atomic E-state index is 6.23. The van der Waals surface area contributed by atoms with Crippen LogP contribution < -0.4 is 5.32 Å². The molecule has 144 valence electrons. The molecular formula is C21H23ClN6. The minimum atomic E-state index is 0.700. The Morgan fingerprint density at radius 3 is 2.86 bits per heavy atom. The molecular weight excluding hydrogens is 372 g/mol. The average Bonchev–Trinajstić information content (AvgIpc) is 3.35. The van der Waals surface area contributed by atoms with Crippen LogP contribution in [-0.4, -0.2) is 37.6 Å². The van der Waals surface area contributed by atoms with Crippen molar-refractivity contribution in [2.24, 2.45) is 5.92 Å². The highest BCUT2D eigenvalue weighted by atomic mass is 35.5. The predicted octanol–water partition coefficient (Wildman–Crippen LogP) is 4.33. The number of aromatic amines is 1. The number of pyridine rings is 1. The van der Waals surface area contributed by atoms with Crippen LogP contribution in [0.15, 0.2) is 30.6 Å². The molecule has 4 heterocycles. The van der Waals surface area contributed by atoms with Gasteiger partial charge in [-0.15, -0.1) is 0 Å². The number of aromatic nitrogens is 5. The van der Waals surface area contributed by atoms with Crippen molar-refractivity contribution in [2.75, 3.05) is 13.1 Å². The number of piperidine rings is 1. The summed E-state index contributed by atoms with van der Waals surface area (Å²) < 4.78 is 2.32. The Labute approximate surface area is 168 Å². The molecule has 0 unspecified atom stereocenters. The molecule has 0 spiro atoms. The molecule has 3 aromatic heterocycles. The third-order valence-electron chi connectivity index (χ3n) is 5.74. The Morgan fingerprint density at radius 1 is 1.21 bits per heavy atom. The Bertz CT molecular complexity index is 1130. The van der Waals surface area contributed by atoms with Gasteiger partial charge in [0.15, 0.2) is 11.6 Å². The first kappa shape index (κ1) is 17.6. The number of nitrogens with zero attached hydrogens (tertiary/aromatic N) is 4. The van der Waals surface area contributed by atoms with Gasteiger partial charge in [0.05, 0.1) is 16.7 Å². The summed E-state index contributed by atoms with van der Waals surface area (Å²) in [4.78, 5) is 17.4. The van der Waals surface area contributed by atoms with E-state index in [4.69, 9.17) is 21.6 Å². The number of aryl methyl sites for hydroxylation is 2. The first-order valence-corrected chi connectivity index (χ1v) is 10.2. The van der Waals surface area contributed by atoms with E-state index in [1.165, 1.54) is 12.8 Å². The maximum Gasteiger partial charge on any atom is 0.177 e. The van der Waals surface area contributed by atoms with Gasteiger partial charge in [-0.3, -0.25) is 4.98 Å². The lowest BCUT2D eigenvalue weighted by molar-refractivity contribution is 0.340. The van der Waals surface area contributed by atoms with Crippen molar-refractivity contribution in [3.05, 3.63) is 41.3 Å². The highest BCUT2D eigenvalue weighted by Crippen LogP contribution is 2.32. The molecule has 1 saturated heterocycles. The lowest BCUT2D eigenvalue weighted by Crippen LogP contribution is -2.28. The standard InChI is InChI=1S/C21H23ClN6/c1-13-18-19(16-3-2-15(22)12-17(16)26-13)28(11-6-14-4-7-23-8-5-14)21(27-18)20-24-9-10-25-20/h2-3,9-10,12,14,23H,4-8,11H2,1H3,(H,24,25). The lowest BCUT2D eigenvalue weighted by Gasteiger charge is -2.23. The minimum absolute atomic E-state index is 0.700. The summed E-state index contributed by atoms with van der Waals surface area (Å²) in [5.41, 5.74) is 3.88. The molecule has 28 heavy (non-hydrogen) atoms.